The summed E-state index contributed by atoms with van der Waals surface area (Å²) in [5.41, 5.74) is -1.04. The Balaban J connectivity index is 2.85. The van der Waals surface area contributed by atoms with Gasteiger partial charge < -0.3 is 9.47 Å². The number of hydrogen-bond donors (Lipinski definition) is 0. The average Bonchev–Trinajstić information content (AvgIpc) is 2.15. The standard InChI is InChI=1S/C12H14BrClO3/c1-4-16-11(15)12(2,3)17-10-6-8(13)5-9(14)7-10/h5-7H,4H2,1-3H3. The van der Waals surface area contributed by atoms with E-state index in [1.54, 1.807) is 39.0 Å². The Labute approximate surface area is 114 Å². The molecule has 0 radical (unpaired) electrons. The predicted molar refractivity (Wildman–Crippen MR) is 70.5 cm³/mol. The van der Waals surface area contributed by atoms with Crippen molar-refractivity contribution in [2.75, 3.05) is 6.61 Å². The molecule has 0 aliphatic rings. The molecule has 0 spiro atoms. The smallest absolute Gasteiger partial charge is 0.349 e. The van der Waals surface area contributed by atoms with Crippen LogP contribution in [0.1, 0.15) is 20.8 Å². The minimum Gasteiger partial charge on any atom is -0.476 e. The number of carbonyl (C=O) groups is 1. The van der Waals surface area contributed by atoms with E-state index < -0.39 is 11.6 Å². The van der Waals surface area contributed by atoms with Crippen LogP contribution in [-0.4, -0.2) is 18.2 Å². The quantitative estimate of drug-likeness (QED) is 0.791. The van der Waals surface area contributed by atoms with E-state index in [-0.39, 0.29) is 0 Å². The predicted octanol–water partition coefficient (Wildman–Crippen LogP) is 3.82. The molecule has 94 valence electrons. The Morgan fingerprint density at radius 2 is 2.06 bits per heavy atom. The zero-order valence-corrected chi connectivity index (χ0v) is 12.3. The lowest BCUT2D eigenvalue weighted by atomic mass is 10.1. The first kappa shape index (κ1) is 14.3. The summed E-state index contributed by atoms with van der Waals surface area (Å²) in [7, 11) is 0. The van der Waals surface area contributed by atoms with Crippen LogP contribution in [0.15, 0.2) is 22.7 Å². The first-order valence-corrected chi connectivity index (χ1v) is 6.34. The Morgan fingerprint density at radius 3 is 2.59 bits per heavy atom. The molecule has 0 unspecified atom stereocenters. The molecule has 3 nitrogen and oxygen atoms in total. The zero-order valence-electron chi connectivity index (χ0n) is 9.92. The van der Waals surface area contributed by atoms with E-state index in [4.69, 9.17) is 21.1 Å². The van der Waals surface area contributed by atoms with Gasteiger partial charge in [-0.25, -0.2) is 4.79 Å². The molecule has 5 heteroatoms. The summed E-state index contributed by atoms with van der Waals surface area (Å²) < 4.78 is 11.3. The van der Waals surface area contributed by atoms with Crippen LogP contribution in [0.3, 0.4) is 0 Å². The molecule has 0 saturated carbocycles. The van der Waals surface area contributed by atoms with Crippen molar-refractivity contribution in [1.29, 1.82) is 0 Å². The second-order valence-electron chi connectivity index (χ2n) is 3.94. The fourth-order valence-corrected chi connectivity index (χ4v) is 2.06. The van der Waals surface area contributed by atoms with Crippen LogP contribution >= 0.6 is 27.5 Å². The van der Waals surface area contributed by atoms with Crippen LogP contribution in [0.25, 0.3) is 0 Å². The minimum absolute atomic E-state index is 0.324. The lowest BCUT2D eigenvalue weighted by molar-refractivity contribution is -0.158. The normalized spacial score (nSPS) is 11.1. The first-order chi connectivity index (χ1) is 7.85. The van der Waals surface area contributed by atoms with Gasteiger partial charge in [0.05, 0.1) is 6.61 Å². The van der Waals surface area contributed by atoms with Crippen LogP contribution in [0.2, 0.25) is 5.02 Å². The highest BCUT2D eigenvalue weighted by atomic mass is 79.9. The van der Waals surface area contributed by atoms with Gasteiger partial charge in [0.15, 0.2) is 5.60 Å². The van der Waals surface area contributed by atoms with Gasteiger partial charge >= 0.3 is 5.97 Å². The third-order valence-electron chi connectivity index (χ3n) is 1.98. The van der Waals surface area contributed by atoms with Crippen molar-refractivity contribution in [3.8, 4) is 5.75 Å². The molecule has 1 rings (SSSR count). The number of carbonyl (C=O) groups excluding carboxylic acids is 1. The molecule has 0 N–H and O–H groups in total. The number of rotatable bonds is 4. The van der Waals surface area contributed by atoms with E-state index >= 15 is 0 Å². The molecule has 0 bridgehead atoms. The SMILES string of the molecule is CCOC(=O)C(C)(C)Oc1cc(Cl)cc(Br)c1. The van der Waals surface area contributed by atoms with E-state index in [0.717, 1.165) is 4.47 Å². The molecule has 0 aliphatic carbocycles. The van der Waals surface area contributed by atoms with E-state index in [1.165, 1.54) is 0 Å². The molecule has 17 heavy (non-hydrogen) atoms. The van der Waals surface area contributed by atoms with Gasteiger partial charge in [0, 0.05) is 9.50 Å². The molecular weight excluding hydrogens is 307 g/mol. The lowest BCUT2D eigenvalue weighted by Crippen LogP contribution is -2.39. The number of hydrogen-bond acceptors (Lipinski definition) is 3. The number of esters is 1. The van der Waals surface area contributed by atoms with Crippen molar-refractivity contribution >= 4 is 33.5 Å². The van der Waals surface area contributed by atoms with E-state index in [0.29, 0.717) is 17.4 Å². The maximum absolute atomic E-state index is 11.6. The van der Waals surface area contributed by atoms with Gasteiger partial charge in [-0.2, -0.15) is 0 Å². The van der Waals surface area contributed by atoms with Gasteiger partial charge in [-0.15, -0.1) is 0 Å². The van der Waals surface area contributed by atoms with Crippen molar-refractivity contribution in [3.05, 3.63) is 27.7 Å². The van der Waals surface area contributed by atoms with Gasteiger partial charge in [-0.05, 0) is 39.0 Å². The minimum atomic E-state index is -1.04. The fraction of sp³-hybridized carbons (Fsp3) is 0.417. The molecule has 0 atom stereocenters. The molecule has 1 aromatic carbocycles. The van der Waals surface area contributed by atoms with E-state index in [9.17, 15) is 4.79 Å². The van der Waals surface area contributed by atoms with Gasteiger partial charge in [0.2, 0.25) is 0 Å². The van der Waals surface area contributed by atoms with Crippen molar-refractivity contribution in [2.45, 2.75) is 26.4 Å². The van der Waals surface area contributed by atoms with E-state index in [2.05, 4.69) is 15.9 Å². The highest BCUT2D eigenvalue weighted by Crippen LogP contribution is 2.27. The maximum atomic E-state index is 11.6. The summed E-state index contributed by atoms with van der Waals surface area (Å²) in [6, 6.07) is 5.13. The summed E-state index contributed by atoms with van der Waals surface area (Å²) in [6.07, 6.45) is 0. The summed E-state index contributed by atoms with van der Waals surface area (Å²) >= 11 is 9.20. The highest BCUT2D eigenvalue weighted by molar-refractivity contribution is 9.10. The Kier molecular flexibility index (Phi) is 4.83. The second-order valence-corrected chi connectivity index (χ2v) is 5.29. The van der Waals surface area contributed by atoms with Crippen LogP contribution in [-0.2, 0) is 9.53 Å². The molecule has 0 heterocycles. The van der Waals surface area contributed by atoms with Gasteiger partial charge in [0.1, 0.15) is 5.75 Å². The molecule has 1 aromatic rings. The zero-order chi connectivity index (χ0) is 13.1. The van der Waals surface area contributed by atoms with Gasteiger partial charge in [-0.1, -0.05) is 27.5 Å². The van der Waals surface area contributed by atoms with Gasteiger partial charge in [-0.3, -0.25) is 0 Å². The highest BCUT2D eigenvalue weighted by Gasteiger charge is 2.31. The first-order valence-electron chi connectivity index (χ1n) is 5.17. The molecule has 0 aromatic heterocycles. The van der Waals surface area contributed by atoms with Gasteiger partial charge in [0.25, 0.3) is 0 Å². The van der Waals surface area contributed by atoms with Crippen LogP contribution in [0, 0.1) is 0 Å². The number of ether oxygens (including phenoxy) is 2. The summed E-state index contributed by atoms with van der Waals surface area (Å²) in [4.78, 5) is 11.6. The van der Waals surface area contributed by atoms with E-state index in [1.807, 2.05) is 0 Å². The number of benzene rings is 1. The third-order valence-corrected chi connectivity index (χ3v) is 2.65. The van der Waals surface area contributed by atoms with Crippen LogP contribution in [0.5, 0.6) is 5.75 Å². The fourth-order valence-electron chi connectivity index (χ4n) is 1.23. The Morgan fingerprint density at radius 1 is 1.41 bits per heavy atom. The molecule has 0 aliphatic heterocycles. The monoisotopic (exact) mass is 320 g/mol. The Bertz CT molecular complexity index is 398. The van der Waals surface area contributed by atoms with Crippen molar-refractivity contribution in [3.63, 3.8) is 0 Å². The topological polar surface area (TPSA) is 35.5 Å². The largest absolute Gasteiger partial charge is 0.476 e. The van der Waals surface area contributed by atoms with Crippen LogP contribution in [0.4, 0.5) is 0 Å². The third kappa shape index (κ3) is 4.21. The van der Waals surface area contributed by atoms with Crippen molar-refractivity contribution in [1.82, 2.24) is 0 Å². The number of halogens is 2. The summed E-state index contributed by atoms with van der Waals surface area (Å²) in [5.74, 6) is 0.110. The maximum Gasteiger partial charge on any atom is 0.349 e. The second kappa shape index (κ2) is 5.74. The van der Waals surface area contributed by atoms with Crippen LogP contribution < -0.4 is 4.74 Å². The molecule has 0 amide bonds. The average molecular weight is 322 g/mol. The summed E-state index contributed by atoms with van der Waals surface area (Å²) in [6.45, 7) is 5.38. The summed E-state index contributed by atoms with van der Waals surface area (Å²) in [5, 5.41) is 0.536. The Hall–Kier alpha value is -0.740. The molecular formula is C12H14BrClO3. The van der Waals surface area contributed by atoms with Crippen molar-refractivity contribution in [2.24, 2.45) is 0 Å². The lowest BCUT2D eigenvalue weighted by Gasteiger charge is -2.24. The van der Waals surface area contributed by atoms with Crippen molar-refractivity contribution < 1.29 is 14.3 Å². The molecule has 0 fully saturated rings. The molecule has 0 saturated heterocycles.